The maximum atomic E-state index is 12.9. The molecule has 2 fully saturated rings. The molecule has 2 aliphatic heterocycles. The number of aryl methyl sites for hydroxylation is 1. The van der Waals surface area contributed by atoms with Gasteiger partial charge in [-0.3, -0.25) is 4.79 Å². The molecule has 0 radical (unpaired) electrons. The molecular weight excluding hydrogens is 422 g/mol. The van der Waals surface area contributed by atoms with Crippen molar-refractivity contribution in [1.82, 2.24) is 15.0 Å². The summed E-state index contributed by atoms with van der Waals surface area (Å²) in [7, 11) is -3.36. The van der Waals surface area contributed by atoms with Crippen molar-refractivity contribution in [3.63, 3.8) is 0 Å². The third kappa shape index (κ3) is 3.07. The van der Waals surface area contributed by atoms with Crippen LogP contribution in [0, 0.1) is 6.92 Å². The van der Waals surface area contributed by atoms with E-state index in [1.165, 1.54) is 11.3 Å². The maximum Gasteiger partial charge on any atom is 0.231 e. The second-order valence-electron chi connectivity index (χ2n) is 8.06. The molecule has 0 saturated carbocycles. The van der Waals surface area contributed by atoms with Crippen molar-refractivity contribution in [2.24, 2.45) is 0 Å². The highest BCUT2D eigenvalue weighted by molar-refractivity contribution is 7.93. The number of hydrogen-bond acceptors (Lipinski definition) is 7. The number of carbonyl (C=O) groups excluding carboxylic acids is 1. The zero-order valence-electron chi connectivity index (χ0n) is 16.4. The van der Waals surface area contributed by atoms with Crippen LogP contribution in [-0.4, -0.2) is 53.0 Å². The van der Waals surface area contributed by atoms with Gasteiger partial charge in [0.05, 0.1) is 18.1 Å². The number of benzene rings is 1. The Morgan fingerprint density at radius 3 is 2.87 bits per heavy atom. The number of rotatable bonds is 4. The van der Waals surface area contributed by atoms with Crippen molar-refractivity contribution in [3.8, 4) is 11.4 Å². The summed E-state index contributed by atoms with van der Waals surface area (Å²) < 4.78 is 30.4. The number of aromatic nitrogens is 2. The zero-order valence-corrected chi connectivity index (χ0v) is 18.1. The van der Waals surface area contributed by atoms with E-state index in [1.54, 1.807) is 4.90 Å². The molecule has 3 aromatic rings. The van der Waals surface area contributed by atoms with Crippen molar-refractivity contribution in [1.29, 1.82) is 0 Å². The molecule has 0 bridgehead atoms. The van der Waals surface area contributed by atoms with Crippen LogP contribution in [0.3, 0.4) is 0 Å². The molecule has 7 nitrogen and oxygen atoms in total. The van der Waals surface area contributed by atoms with E-state index in [0.29, 0.717) is 24.6 Å². The molecule has 2 saturated heterocycles. The zero-order chi connectivity index (χ0) is 20.9. The van der Waals surface area contributed by atoms with Crippen molar-refractivity contribution in [2.45, 2.75) is 30.4 Å². The lowest BCUT2D eigenvalue weighted by Gasteiger charge is -2.49. The van der Waals surface area contributed by atoms with Crippen LogP contribution in [0.4, 0.5) is 0 Å². The van der Waals surface area contributed by atoms with Gasteiger partial charge in [0.15, 0.2) is 9.84 Å². The number of likely N-dealkylation sites (tertiary alicyclic amines) is 1. The van der Waals surface area contributed by atoms with E-state index in [2.05, 4.69) is 10.1 Å². The summed E-state index contributed by atoms with van der Waals surface area (Å²) in [5.74, 6) is 0.442. The Hall–Kier alpha value is -2.52. The first-order valence-corrected chi connectivity index (χ1v) is 12.3. The first-order valence-electron chi connectivity index (χ1n) is 9.81. The number of nitrogens with zero attached hydrogens (tertiary/aromatic N) is 3. The van der Waals surface area contributed by atoms with Gasteiger partial charge in [-0.25, -0.2) is 8.42 Å². The second-order valence-corrected chi connectivity index (χ2v) is 11.5. The normalized spacial score (nSPS) is 21.6. The first kappa shape index (κ1) is 19.4. The molecule has 9 heteroatoms. The second kappa shape index (κ2) is 7.02. The summed E-state index contributed by atoms with van der Waals surface area (Å²) in [5, 5.41) is 6.02. The van der Waals surface area contributed by atoms with E-state index in [9.17, 15) is 13.2 Å². The van der Waals surface area contributed by atoms with Crippen LogP contribution >= 0.6 is 11.3 Å². The molecule has 2 aliphatic rings. The van der Waals surface area contributed by atoms with Crippen molar-refractivity contribution < 1.29 is 17.7 Å². The Balaban J connectivity index is 1.38. The molecule has 5 rings (SSSR count). The molecule has 1 aromatic carbocycles. The highest BCUT2D eigenvalue weighted by atomic mass is 32.2. The molecular formula is C21H21N3O4S2. The van der Waals surface area contributed by atoms with Crippen LogP contribution in [0.5, 0.6) is 0 Å². The Morgan fingerprint density at radius 2 is 2.13 bits per heavy atom. The molecule has 1 spiro atoms. The maximum absolute atomic E-state index is 12.9. The summed E-state index contributed by atoms with van der Waals surface area (Å²) in [6, 6.07) is 11.6. The van der Waals surface area contributed by atoms with E-state index < -0.39 is 14.6 Å². The Morgan fingerprint density at radius 1 is 1.30 bits per heavy atom. The molecule has 156 valence electrons. The lowest BCUT2D eigenvalue weighted by molar-refractivity contribution is -0.136. The predicted octanol–water partition coefficient (Wildman–Crippen LogP) is 2.83. The fourth-order valence-electron chi connectivity index (χ4n) is 4.45. The van der Waals surface area contributed by atoms with Gasteiger partial charge in [-0.05, 0) is 30.9 Å². The third-order valence-corrected chi connectivity index (χ3v) is 9.55. The molecule has 1 atom stereocenters. The van der Waals surface area contributed by atoms with Gasteiger partial charge >= 0.3 is 0 Å². The molecule has 1 unspecified atom stereocenters. The van der Waals surface area contributed by atoms with Gasteiger partial charge in [-0.2, -0.15) is 4.98 Å². The van der Waals surface area contributed by atoms with Crippen molar-refractivity contribution in [3.05, 3.63) is 58.1 Å². The minimum Gasteiger partial charge on any atom is -0.339 e. The summed E-state index contributed by atoms with van der Waals surface area (Å²) >= 11 is 1.53. The van der Waals surface area contributed by atoms with Gasteiger partial charge in [0, 0.05) is 23.5 Å². The molecule has 30 heavy (non-hydrogen) atoms. The van der Waals surface area contributed by atoms with Crippen molar-refractivity contribution >= 4 is 27.1 Å². The largest absolute Gasteiger partial charge is 0.339 e. The third-order valence-electron chi connectivity index (χ3n) is 6.12. The SMILES string of the molecule is Cc1cccc(-c2noc(C3CCS(=O)(=O)C34CN(C(=O)Cc3cccs3)C4)n2)c1. The number of thiophene rings is 1. The van der Waals surface area contributed by atoms with Crippen LogP contribution in [0.15, 0.2) is 46.3 Å². The van der Waals surface area contributed by atoms with Gasteiger partial charge in [-0.15, -0.1) is 11.3 Å². The van der Waals surface area contributed by atoms with Gasteiger partial charge < -0.3 is 9.42 Å². The van der Waals surface area contributed by atoms with Crippen LogP contribution < -0.4 is 0 Å². The van der Waals surface area contributed by atoms with E-state index in [1.807, 2.05) is 48.7 Å². The van der Waals surface area contributed by atoms with Crippen LogP contribution in [-0.2, 0) is 21.1 Å². The number of hydrogen-bond donors (Lipinski definition) is 0. The minimum absolute atomic E-state index is 0.0464. The Kier molecular flexibility index (Phi) is 4.55. The highest BCUT2D eigenvalue weighted by Gasteiger charge is 2.64. The molecule has 2 aromatic heterocycles. The molecule has 4 heterocycles. The van der Waals surface area contributed by atoms with Crippen molar-refractivity contribution in [2.75, 3.05) is 18.8 Å². The van der Waals surface area contributed by atoms with Gasteiger partial charge in [-0.1, -0.05) is 35.0 Å². The van der Waals surface area contributed by atoms with Crippen LogP contribution in [0.25, 0.3) is 11.4 Å². The first-order chi connectivity index (χ1) is 14.4. The molecule has 0 aliphatic carbocycles. The predicted molar refractivity (Wildman–Crippen MR) is 113 cm³/mol. The Bertz CT molecular complexity index is 1190. The van der Waals surface area contributed by atoms with Gasteiger partial charge in [0.1, 0.15) is 4.75 Å². The molecule has 0 N–H and O–H groups in total. The highest BCUT2D eigenvalue weighted by Crippen LogP contribution is 2.49. The lowest BCUT2D eigenvalue weighted by Crippen LogP contribution is -2.67. The topological polar surface area (TPSA) is 93.4 Å². The summed E-state index contributed by atoms with van der Waals surface area (Å²) in [6.45, 7) is 2.36. The summed E-state index contributed by atoms with van der Waals surface area (Å²) in [6.07, 6.45) is 0.737. The fourth-order valence-corrected chi connectivity index (χ4v) is 7.46. The smallest absolute Gasteiger partial charge is 0.231 e. The quantitative estimate of drug-likeness (QED) is 0.616. The fraction of sp³-hybridized carbons (Fsp3) is 0.381. The summed E-state index contributed by atoms with van der Waals surface area (Å²) in [4.78, 5) is 19.7. The molecule has 1 amide bonds. The van der Waals surface area contributed by atoms with Gasteiger partial charge in [0.25, 0.3) is 0 Å². The minimum atomic E-state index is -3.36. The van der Waals surface area contributed by atoms with E-state index in [0.717, 1.165) is 16.0 Å². The number of sulfone groups is 1. The monoisotopic (exact) mass is 443 g/mol. The van der Waals surface area contributed by atoms with Crippen LogP contribution in [0.2, 0.25) is 0 Å². The van der Waals surface area contributed by atoms with E-state index in [4.69, 9.17) is 4.52 Å². The number of amides is 1. The average molecular weight is 444 g/mol. The summed E-state index contributed by atoms with van der Waals surface area (Å²) in [5.41, 5.74) is 1.92. The number of carbonyl (C=O) groups is 1. The van der Waals surface area contributed by atoms with Crippen LogP contribution in [0.1, 0.15) is 28.7 Å². The van der Waals surface area contributed by atoms with E-state index in [-0.39, 0.29) is 30.7 Å². The lowest BCUT2D eigenvalue weighted by atomic mass is 9.83. The van der Waals surface area contributed by atoms with E-state index >= 15 is 0 Å². The Labute approximate surface area is 178 Å². The standard InChI is InChI=1S/C21H21N3O4S2/c1-14-4-2-5-15(10-14)19-22-20(28-23-19)17-7-9-30(26,27)21(17)12-24(13-21)18(25)11-16-6-3-8-29-16/h2-6,8,10,17H,7,9,11-13H2,1H3. The average Bonchev–Trinajstić information content (AvgIpc) is 3.39. The van der Waals surface area contributed by atoms with Gasteiger partial charge in [0.2, 0.25) is 17.6 Å².